The van der Waals surface area contributed by atoms with Gasteiger partial charge in [-0.05, 0) is 149 Å². The Morgan fingerprint density at radius 1 is 0.346 bits per heavy atom. The molecule has 4 aromatic heterocycles. The molecule has 2 aromatic carbocycles. The van der Waals surface area contributed by atoms with Crippen molar-refractivity contribution in [3.8, 4) is 0 Å². The van der Waals surface area contributed by atoms with E-state index < -0.39 is 0 Å². The molecule has 4 N–H and O–H groups in total. The lowest BCUT2D eigenvalue weighted by molar-refractivity contribution is 0.603. The fourth-order valence-electron chi connectivity index (χ4n) is 8.52. The summed E-state index contributed by atoms with van der Waals surface area (Å²) in [7, 11) is 0. The Balaban J connectivity index is 0.920. The molecule has 5 aliphatic heterocycles. The largest absolute Gasteiger partial charge is 0.357 e. The third kappa shape index (κ3) is 12.8. The Morgan fingerprint density at radius 3 is 0.808 bits per heavy atom. The first-order valence-corrected chi connectivity index (χ1v) is 36.6. The molecule has 0 spiro atoms. The number of aromatic amines is 4. The van der Waals surface area contributed by atoms with Gasteiger partial charge in [-0.25, -0.2) is 0 Å². The Kier molecular flexibility index (Phi) is 18.7. The van der Waals surface area contributed by atoms with Crippen molar-refractivity contribution in [3.05, 3.63) is 152 Å². The molecule has 0 saturated carbocycles. The van der Waals surface area contributed by atoms with E-state index in [0.29, 0.717) is 0 Å². The standard InChI is InChI=1S/C58H60N8S12/c1-9-21-67-49-50(68-22-10-2)76-55(75-49)53-71-41-25-37-38(26-42(41)72-53)60-30-34-14-18-46(64-34)58(7,8)48-20-16-36(66-48)32-62-40-28-44-43(73-54(74-44)56-77-51(69-23-11-3)52(78-56)70-24-12-4)27-39(40)61-31-35-15-19-47(65-35)57(5,6)45-17-13-33(63-45)29-59-37/h13-20,25-32,63-66H,9-12,21-24H2,1-8H3. The lowest BCUT2D eigenvalue weighted by Crippen LogP contribution is -2.20. The Bertz CT molecular complexity index is 3060. The van der Waals surface area contributed by atoms with Gasteiger partial charge in [0.15, 0.2) is 0 Å². The Morgan fingerprint density at radius 2 is 0.577 bits per heavy atom. The van der Waals surface area contributed by atoms with Crippen LogP contribution in [0.1, 0.15) is 127 Å². The van der Waals surface area contributed by atoms with Gasteiger partial charge in [0.1, 0.15) is 0 Å². The van der Waals surface area contributed by atoms with Crippen molar-refractivity contribution in [2.45, 2.75) is 111 Å². The monoisotopic (exact) mass is 1250 g/mol. The molecule has 0 amide bonds. The smallest absolute Gasteiger partial charge is 0.0899 e. The van der Waals surface area contributed by atoms with Gasteiger partial charge in [-0.1, -0.05) is 122 Å². The average Bonchev–Trinajstić information content (AvgIpc) is 4.32. The summed E-state index contributed by atoms with van der Waals surface area (Å²) in [4.78, 5) is 40.4. The van der Waals surface area contributed by atoms with E-state index in [0.717, 1.165) is 91.3 Å². The quantitative estimate of drug-likeness (QED) is 0.0936. The summed E-state index contributed by atoms with van der Waals surface area (Å²) in [5.41, 5.74) is 10.5. The minimum Gasteiger partial charge on any atom is -0.357 e. The number of hydrogen-bond donors (Lipinski definition) is 4. The molecule has 0 aliphatic carbocycles. The Hall–Kier alpha value is -2.60. The fraction of sp³-hybridized carbons (Fsp3) is 0.310. The van der Waals surface area contributed by atoms with Crippen LogP contribution in [0.25, 0.3) is 0 Å². The summed E-state index contributed by atoms with van der Waals surface area (Å²) >= 11 is 23.3. The van der Waals surface area contributed by atoms with Gasteiger partial charge >= 0.3 is 0 Å². The minimum absolute atomic E-state index is 0.368. The van der Waals surface area contributed by atoms with Gasteiger partial charge in [0.05, 0.1) is 104 Å². The number of rotatable bonds is 12. The van der Waals surface area contributed by atoms with Gasteiger partial charge in [0, 0.05) is 53.2 Å². The van der Waals surface area contributed by atoms with Crippen LogP contribution in [0.15, 0.2) is 146 Å². The van der Waals surface area contributed by atoms with Crippen molar-refractivity contribution in [2.75, 3.05) is 23.0 Å². The fourth-order valence-corrected chi connectivity index (χ4v) is 25.6. The molecule has 0 atom stereocenters. The number of thioether (sulfide) groups is 12. The predicted octanol–water partition coefficient (Wildman–Crippen LogP) is 21.4. The summed E-state index contributed by atoms with van der Waals surface area (Å²) in [5, 5.41) is 0. The molecular formula is C58H60N8S12. The zero-order chi connectivity index (χ0) is 54.0. The van der Waals surface area contributed by atoms with Crippen molar-refractivity contribution in [1.82, 2.24) is 19.9 Å². The number of aliphatic imine (C=N–C) groups is 4. The van der Waals surface area contributed by atoms with Gasteiger partial charge < -0.3 is 19.9 Å². The number of aromatic nitrogens is 4. The highest BCUT2D eigenvalue weighted by Gasteiger charge is 2.33. The van der Waals surface area contributed by atoms with E-state index in [1.165, 1.54) is 79.2 Å². The molecule has 0 saturated heterocycles. The SMILES string of the molecule is CCCSC1=C(SCCC)SC(=C2Sc3cc4c(cc3S2)N=Cc2ccc([nH]2)C(C)(C)c2ccc([nH]2)C=Nc2cc3c(cc2N=Cc2ccc([nH]2)C(C)(C)c2ccc([nH]2)C=N4)SC(=C2SC(SCCC)=C(SCCC)S2)S3)S1. The first-order chi connectivity index (χ1) is 37.9. The normalized spacial score (nSPS) is 17.7. The van der Waals surface area contributed by atoms with Crippen LogP contribution in [0.3, 0.4) is 0 Å². The van der Waals surface area contributed by atoms with Crippen molar-refractivity contribution < 1.29 is 0 Å². The first-order valence-electron chi connectivity index (χ1n) is 26.1. The van der Waals surface area contributed by atoms with E-state index >= 15 is 0 Å². The van der Waals surface area contributed by atoms with Gasteiger partial charge in [-0.2, -0.15) is 0 Å². The van der Waals surface area contributed by atoms with E-state index in [2.05, 4.69) is 148 Å². The van der Waals surface area contributed by atoms with E-state index in [1.54, 1.807) is 0 Å². The van der Waals surface area contributed by atoms with Gasteiger partial charge in [-0.15, -0.1) is 47.0 Å². The molecule has 0 radical (unpaired) electrons. The summed E-state index contributed by atoms with van der Waals surface area (Å²) in [5.74, 6) is 4.56. The summed E-state index contributed by atoms with van der Waals surface area (Å²) < 4.78 is 11.3. The van der Waals surface area contributed by atoms with Crippen LogP contribution in [-0.4, -0.2) is 67.8 Å². The van der Waals surface area contributed by atoms with Crippen LogP contribution in [-0.2, 0) is 10.8 Å². The second-order valence-corrected chi connectivity index (χ2v) is 34.5. The molecule has 9 heterocycles. The summed E-state index contributed by atoms with van der Waals surface area (Å²) in [6.07, 6.45) is 12.4. The van der Waals surface area contributed by atoms with Gasteiger partial charge in [-0.3, -0.25) is 20.0 Å². The second kappa shape index (κ2) is 25.5. The number of H-pyrrole nitrogens is 4. The molecule has 78 heavy (non-hydrogen) atoms. The molecule has 11 rings (SSSR count). The van der Waals surface area contributed by atoms with Gasteiger partial charge in [0.25, 0.3) is 0 Å². The van der Waals surface area contributed by atoms with Crippen LogP contribution in [0.2, 0.25) is 0 Å². The highest BCUT2D eigenvalue weighted by Crippen LogP contribution is 2.66. The zero-order valence-electron chi connectivity index (χ0n) is 44.6. The summed E-state index contributed by atoms with van der Waals surface area (Å²) in [6, 6.07) is 26.0. The van der Waals surface area contributed by atoms with Crippen molar-refractivity contribution in [1.29, 1.82) is 0 Å². The predicted molar refractivity (Wildman–Crippen MR) is 362 cm³/mol. The molecule has 0 unspecified atom stereocenters. The third-order valence-electron chi connectivity index (χ3n) is 12.9. The van der Waals surface area contributed by atoms with Crippen molar-refractivity contribution in [2.24, 2.45) is 20.0 Å². The van der Waals surface area contributed by atoms with Crippen molar-refractivity contribution in [3.63, 3.8) is 0 Å². The van der Waals surface area contributed by atoms with E-state index in [1.807, 2.05) is 166 Å². The highest BCUT2D eigenvalue weighted by atomic mass is 32.3. The van der Waals surface area contributed by atoms with Crippen LogP contribution >= 0.6 is 141 Å². The molecule has 8 nitrogen and oxygen atoms in total. The van der Waals surface area contributed by atoms with Crippen LogP contribution in [0.5, 0.6) is 0 Å². The van der Waals surface area contributed by atoms with E-state index in [9.17, 15) is 0 Å². The number of fused-ring (bicyclic) bond motifs is 12. The third-order valence-corrected chi connectivity index (χ3v) is 30.9. The highest BCUT2D eigenvalue weighted by molar-refractivity contribution is 8.43. The van der Waals surface area contributed by atoms with Crippen molar-refractivity contribution >= 4 is 189 Å². The molecular weight excluding hydrogens is 1190 g/mol. The average molecular weight is 1250 g/mol. The topological polar surface area (TPSA) is 113 Å². The Labute approximate surface area is 510 Å². The van der Waals surface area contributed by atoms with Gasteiger partial charge in [0.2, 0.25) is 0 Å². The van der Waals surface area contributed by atoms with Crippen LogP contribution in [0, 0.1) is 0 Å². The molecule has 8 bridgehead atoms. The molecule has 20 heteroatoms. The maximum absolute atomic E-state index is 5.18. The number of hydrogen-bond acceptors (Lipinski definition) is 16. The van der Waals surface area contributed by atoms with Crippen LogP contribution in [0.4, 0.5) is 22.7 Å². The maximum atomic E-state index is 5.18. The molecule has 404 valence electrons. The zero-order valence-corrected chi connectivity index (χ0v) is 54.4. The second-order valence-electron chi connectivity index (χ2n) is 19.7. The first kappa shape index (κ1) is 57.2. The minimum atomic E-state index is -0.368. The van der Waals surface area contributed by atoms with Crippen LogP contribution < -0.4 is 0 Å². The maximum Gasteiger partial charge on any atom is 0.0899 e. The number of nitrogens with one attached hydrogen (secondary N) is 4. The lowest BCUT2D eigenvalue weighted by Gasteiger charge is -2.22. The van der Waals surface area contributed by atoms with E-state index in [-0.39, 0.29) is 10.8 Å². The lowest BCUT2D eigenvalue weighted by atomic mass is 9.86. The molecule has 0 fully saturated rings. The molecule has 5 aliphatic rings. The van der Waals surface area contributed by atoms with E-state index in [4.69, 9.17) is 20.0 Å². The molecule has 6 aromatic rings. The summed E-state index contributed by atoms with van der Waals surface area (Å²) in [6.45, 7) is 18.0. The number of nitrogens with zero attached hydrogens (tertiary/aromatic N) is 4. The number of benzene rings is 2.